The average Bonchev–Trinajstić information content (AvgIpc) is 2.09. The van der Waals surface area contributed by atoms with Gasteiger partial charge in [0.1, 0.15) is 0 Å². The summed E-state index contributed by atoms with van der Waals surface area (Å²) in [5.41, 5.74) is -2.57. The van der Waals surface area contributed by atoms with Crippen LogP contribution in [-0.4, -0.2) is 50.3 Å². The molecule has 17 heavy (non-hydrogen) atoms. The van der Waals surface area contributed by atoms with Crippen molar-refractivity contribution < 1.29 is 29.4 Å². The van der Waals surface area contributed by atoms with Gasteiger partial charge in [0, 0.05) is 13.8 Å². The van der Waals surface area contributed by atoms with E-state index in [-0.39, 0.29) is 4.90 Å². The van der Waals surface area contributed by atoms with Gasteiger partial charge in [-0.1, -0.05) is 0 Å². The second-order valence-electron chi connectivity index (χ2n) is 3.68. The molecule has 0 fully saturated rings. The monoisotopic (exact) mass is 245 g/mol. The van der Waals surface area contributed by atoms with E-state index in [1.165, 1.54) is 0 Å². The van der Waals surface area contributed by atoms with Gasteiger partial charge in [-0.2, -0.15) is 0 Å². The Balaban J connectivity index is 6.07. The zero-order valence-electron chi connectivity index (χ0n) is 10.1. The molecule has 96 valence electrons. The quantitative estimate of drug-likeness (QED) is 0.625. The first-order valence-corrected chi connectivity index (χ1v) is 4.84. The molecule has 2 amide bonds. The zero-order chi connectivity index (χ0) is 14.0. The van der Waals surface area contributed by atoms with Crippen molar-refractivity contribution in [1.82, 2.24) is 4.90 Å². The highest BCUT2D eigenvalue weighted by Gasteiger charge is 2.56. The lowest BCUT2D eigenvalue weighted by Gasteiger charge is -2.37. The van der Waals surface area contributed by atoms with Crippen molar-refractivity contribution in [1.29, 1.82) is 0 Å². The second-order valence-corrected chi connectivity index (χ2v) is 3.68. The average molecular weight is 245 g/mol. The van der Waals surface area contributed by atoms with Crippen LogP contribution in [0.3, 0.4) is 0 Å². The molecule has 0 aliphatic heterocycles. The molecule has 0 rings (SSSR count). The van der Waals surface area contributed by atoms with Crippen LogP contribution in [0.25, 0.3) is 0 Å². The molecule has 0 aromatic rings. The molecule has 7 heteroatoms. The van der Waals surface area contributed by atoms with Crippen LogP contribution in [-0.2, 0) is 19.2 Å². The maximum atomic E-state index is 11.5. The molecule has 2 N–H and O–H groups in total. The Bertz CT molecular complexity index is 345. The number of aliphatic hydroxyl groups is 1. The number of aliphatic hydroxyl groups excluding tert-OH is 1. The van der Waals surface area contributed by atoms with Crippen molar-refractivity contribution in [3.05, 3.63) is 0 Å². The van der Waals surface area contributed by atoms with Crippen LogP contribution in [0.2, 0.25) is 0 Å². The van der Waals surface area contributed by atoms with Crippen molar-refractivity contribution in [3.8, 4) is 0 Å². The highest BCUT2D eigenvalue weighted by molar-refractivity contribution is 6.14. The van der Waals surface area contributed by atoms with E-state index in [1.54, 1.807) is 0 Å². The Labute approximate surface area is 98.0 Å². The Hall–Kier alpha value is -1.76. The number of ketones is 1. The van der Waals surface area contributed by atoms with Gasteiger partial charge in [0.2, 0.25) is 17.4 Å². The van der Waals surface area contributed by atoms with E-state index in [4.69, 9.17) is 5.11 Å². The summed E-state index contributed by atoms with van der Waals surface area (Å²) in [6.45, 7) is 3.84. The summed E-state index contributed by atoms with van der Waals surface area (Å²) in [6.07, 6.45) is -1.72. The van der Waals surface area contributed by atoms with Crippen molar-refractivity contribution in [3.63, 3.8) is 0 Å². The number of amides is 2. The summed E-state index contributed by atoms with van der Waals surface area (Å²) in [6, 6.07) is 0. The van der Waals surface area contributed by atoms with Crippen molar-refractivity contribution in [2.75, 3.05) is 0 Å². The molecular weight excluding hydrogens is 230 g/mol. The molecule has 0 saturated carbocycles. The fraction of sp³-hybridized carbons (Fsp3) is 0.600. The first-order chi connectivity index (χ1) is 7.59. The number of imide groups is 1. The molecule has 0 bridgehead atoms. The summed E-state index contributed by atoms with van der Waals surface area (Å²) >= 11 is 0. The normalized spacial score (nSPS) is 15.6. The van der Waals surface area contributed by atoms with Crippen LogP contribution in [0.5, 0.6) is 0 Å². The van der Waals surface area contributed by atoms with Crippen molar-refractivity contribution >= 4 is 23.6 Å². The number of hydrogen-bond donors (Lipinski definition) is 2. The van der Waals surface area contributed by atoms with E-state index in [1.807, 2.05) is 0 Å². The van der Waals surface area contributed by atoms with Crippen molar-refractivity contribution in [2.24, 2.45) is 0 Å². The zero-order valence-corrected chi connectivity index (χ0v) is 10.1. The summed E-state index contributed by atoms with van der Waals surface area (Å²) in [4.78, 5) is 45.7. The molecule has 7 nitrogen and oxygen atoms in total. The molecule has 0 aromatic carbocycles. The Morgan fingerprint density at radius 2 is 1.41 bits per heavy atom. The number of hydrogen-bond acceptors (Lipinski definition) is 5. The van der Waals surface area contributed by atoms with E-state index in [0.717, 1.165) is 27.7 Å². The summed E-state index contributed by atoms with van der Waals surface area (Å²) in [5, 5.41) is 18.6. The molecule has 0 aliphatic carbocycles. The molecule has 0 spiro atoms. The van der Waals surface area contributed by atoms with E-state index in [0.29, 0.717) is 0 Å². The largest absolute Gasteiger partial charge is 0.479 e. The van der Waals surface area contributed by atoms with Crippen LogP contribution in [0.4, 0.5) is 0 Å². The summed E-state index contributed by atoms with van der Waals surface area (Å²) in [5.74, 6) is -4.58. The predicted molar refractivity (Wildman–Crippen MR) is 55.9 cm³/mol. The number of rotatable bonds is 4. The van der Waals surface area contributed by atoms with Crippen LogP contribution in [0.15, 0.2) is 0 Å². The van der Waals surface area contributed by atoms with Gasteiger partial charge in [0.05, 0.1) is 6.10 Å². The maximum absolute atomic E-state index is 11.5. The smallest absolute Gasteiger partial charge is 0.340 e. The number of Topliss-reactive ketones (excluding diaryl/α,β-unsaturated/α-hetero) is 1. The van der Waals surface area contributed by atoms with Gasteiger partial charge in [0.15, 0.2) is 5.78 Å². The number of aliphatic carboxylic acids is 1. The predicted octanol–water partition coefficient (Wildman–Crippen LogP) is -0.825. The molecule has 0 aliphatic rings. The highest BCUT2D eigenvalue weighted by Crippen LogP contribution is 2.23. The van der Waals surface area contributed by atoms with Crippen LogP contribution in [0, 0.1) is 0 Å². The van der Waals surface area contributed by atoms with Crippen LogP contribution in [0.1, 0.15) is 27.7 Å². The fourth-order valence-electron chi connectivity index (χ4n) is 1.78. The van der Waals surface area contributed by atoms with Crippen LogP contribution < -0.4 is 0 Å². The van der Waals surface area contributed by atoms with Crippen molar-refractivity contribution in [2.45, 2.75) is 39.3 Å². The minimum atomic E-state index is -2.57. The minimum absolute atomic E-state index is 0.266. The lowest BCUT2D eigenvalue weighted by molar-refractivity contribution is -0.176. The van der Waals surface area contributed by atoms with E-state index < -0.39 is 35.2 Å². The number of carbonyl (C=O) groups is 4. The topological polar surface area (TPSA) is 112 Å². The standard InChI is InChI=1S/C10H15NO6/c1-5(12)10(6(2)13,9(16)17)11(7(3)14)8(4)15/h5,12H,1-4H3,(H,16,17)/t5?,10-/m1/s1. The third-order valence-electron chi connectivity index (χ3n) is 2.45. The maximum Gasteiger partial charge on any atom is 0.340 e. The number of carboxylic acids is 1. The third-order valence-corrected chi connectivity index (χ3v) is 2.45. The summed E-state index contributed by atoms with van der Waals surface area (Å²) < 4.78 is 0. The number of carboxylic acid groups (broad SMARTS) is 1. The van der Waals surface area contributed by atoms with Crippen LogP contribution >= 0.6 is 0 Å². The lowest BCUT2D eigenvalue weighted by Crippen LogP contribution is -2.68. The first kappa shape index (κ1) is 15.2. The van der Waals surface area contributed by atoms with Gasteiger partial charge in [-0.3, -0.25) is 19.3 Å². The van der Waals surface area contributed by atoms with E-state index in [9.17, 15) is 24.3 Å². The number of carbonyl (C=O) groups excluding carboxylic acids is 3. The SMILES string of the molecule is CC(=O)N(C(C)=O)[C@](C(C)=O)(C(=O)O)C(C)O. The Kier molecular flexibility index (Phi) is 4.52. The van der Waals surface area contributed by atoms with Gasteiger partial charge in [0.25, 0.3) is 0 Å². The molecule has 0 saturated heterocycles. The molecule has 2 atom stereocenters. The van der Waals surface area contributed by atoms with Gasteiger partial charge in [-0.25, -0.2) is 4.79 Å². The van der Waals surface area contributed by atoms with Gasteiger partial charge in [-0.15, -0.1) is 0 Å². The molecule has 0 aromatic heterocycles. The molecule has 0 heterocycles. The second kappa shape index (κ2) is 5.05. The van der Waals surface area contributed by atoms with Gasteiger partial charge in [-0.05, 0) is 13.8 Å². The Morgan fingerprint density at radius 1 is 1.06 bits per heavy atom. The number of nitrogens with zero attached hydrogens (tertiary/aromatic N) is 1. The van der Waals surface area contributed by atoms with E-state index >= 15 is 0 Å². The van der Waals surface area contributed by atoms with E-state index in [2.05, 4.69) is 0 Å². The Morgan fingerprint density at radius 3 is 1.47 bits per heavy atom. The van der Waals surface area contributed by atoms with Gasteiger partial charge < -0.3 is 10.2 Å². The molecule has 1 unspecified atom stereocenters. The summed E-state index contributed by atoms with van der Waals surface area (Å²) in [7, 11) is 0. The van der Waals surface area contributed by atoms with Gasteiger partial charge >= 0.3 is 5.97 Å². The fourth-order valence-corrected chi connectivity index (χ4v) is 1.78. The highest BCUT2D eigenvalue weighted by atomic mass is 16.4. The first-order valence-electron chi connectivity index (χ1n) is 4.84. The molecule has 0 radical (unpaired) electrons. The lowest BCUT2D eigenvalue weighted by atomic mass is 9.86. The molecular formula is C10H15NO6. The minimum Gasteiger partial charge on any atom is -0.479 e. The third kappa shape index (κ3) is 2.33.